The zero-order valence-corrected chi connectivity index (χ0v) is 8.36. The van der Waals surface area contributed by atoms with Crippen LogP contribution in [0.3, 0.4) is 0 Å². The summed E-state index contributed by atoms with van der Waals surface area (Å²) in [6.45, 7) is 3.86. The van der Waals surface area contributed by atoms with Crippen molar-refractivity contribution < 1.29 is 5.11 Å². The second kappa shape index (κ2) is 4.59. The lowest BCUT2D eigenvalue weighted by Crippen LogP contribution is -1.94. The van der Waals surface area contributed by atoms with Gasteiger partial charge >= 0.3 is 0 Å². The van der Waals surface area contributed by atoms with E-state index in [1.807, 2.05) is 26.0 Å². The van der Waals surface area contributed by atoms with E-state index in [4.69, 9.17) is 5.26 Å². The first-order valence-corrected chi connectivity index (χ1v) is 4.46. The Kier molecular flexibility index (Phi) is 3.44. The number of hydrogen-bond acceptors (Lipinski definition) is 2. The third kappa shape index (κ3) is 2.72. The van der Waals surface area contributed by atoms with E-state index in [-0.39, 0.29) is 0 Å². The maximum Gasteiger partial charge on any atom is 0.0991 e. The predicted molar refractivity (Wildman–Crippen MR) is 55.5 cm³/mol. The molecule has 0 aliphatic carbocycles. The lowest BCUT2D eigenvalue weighted by atomic mass is 10.1. The number of nitriles is 1. The Labute approximate surface area is 84.1 Å². The molecule has 0 aromatic heterocycles. The van der Waals surface area contributed by atoms with Gasteiger partial charge in [-0.15, -0.1) is 0 Å². The molecule has 1 aromatic rings. The number of hydrogen-bond donors (Lipinski definition) is 1. The van der Waals surface area contributed by atoms with Crippen LogP contribution in [0.1, 0.15) is 31.1 Å². The summed E-state index contributed by atoms with van der Waals surface area (Å²) in [5, 5.41) is 18.4. The van der Waals surface area contributed by atoms with E-state index in [2.05, 4.69) is 0 Å². The molecule has 14 heavy (non-hydrogen) atoms. The number of allylic oxidation sites excluding steroid dienone is 1. The van der Waals surface area contributed by atoms with Gasteiger partial charge in [-0.05, 0) is 31.5 Å². The van der Waals surface area contributed by atoms with Gasteiger partial charge in [-0.1, -0.05) is 23.8 Å². The lowest BCUT2D eigenvalue weighted by Gasteiger charge is -2.06. The van der Waals surface area contributed by atoms with Crippen molar-refractivity contribution in [1.82, 2.24) is 0 Å². The molecular weight excluding hydrogens is 174 g/mol. The molecule has 0 saturated heterocycles. The van der Waals surface area contributed by atoms with Crippen LogP contribution in [0.5, 0.6) is 0 Å². The average Bonchev–Trinajstić information content (AvgIpc) is 2.17. The van der Waals surface area contributed by atoms with Gasteiger partial charge in [0.15, 0.2) is 0 Å². The molecule has 0 aliphatic rings. The number of aliphatic hydroxyl groups excluding tert-OH is 1. The molecule has 1 unspecified atom stereocenters. The summed E-state index contributed by atoms with van der Waals surface area (Å²) < 4.78 is 0. The minimum Gasteiger partial charge on any atom is -0.384 e. The quantitative estimate of drug-likeness (QED) is 0.723. The number of benzene rings is 1. The Morgan fingerprint density at radius 2 is 2.21 bits per heavy atom. The van der Waals surface area contributed by atoms with E-state index >= 15 is 0 Å². The van der Waals surface area contributed by atoms with Gasteiger partial charge in [0.25, 0.3) is 0 Å². The fraction of sp³-hybridized carbons (Fsp3) is 0.250. The fourth-order valence-corrected chi connectivity index (χ4v) is 1.20. The zero-order chi connectivity index (χ0) is 10.6. The minimum atomic E-state index is -0.617. The summed E-state index contributed by atoms with van der Waals surface area (Å²) >= 11 is 0. The number of aliphatic hydroxyl groups is 1. The topological polar surface area (TPSA) is 44.0 Å². The smallest absolute Gasteiger partial charge is 0.0991 e. The van der Waals surface area contributed by atoms with Crippen molar-refractivity contribution in [2.75, 3.05) is 0 Å². The lowest BCUT2D eigenvalue weighted by molar-refractivity contribution is 0.227. The van der Waals surface area contributed by atoms with Gasteiger partial charge in [0, 0.05) is 0 Å². The van der Waals surface area contributed by atoms with E-state index in [0.29, 0.717) is 5.56 Å². The third-order valence-corrected chi connectivity index (χ3v) is 1.85. The van der Waals surface area contributed by atoms with Gasteiger partial charge in [-0.25, -0.2) is 0 Å². The molecular formula is C12H13NO. The van der Waals surface area contributed by atoms with Crippen molar-refractivity contribution in [3.05, 3.63) is 47.0 Å². The van der Waals surface area contributed by atoms with Crippen LogP contribution in [-0.2, 0) is 0 Å². The highest BCUT2D eigenvalue weighted by atomic mass is 16.3. The standard InChI is InChI=1S/C12H13NO/c1-9(2)6-12(14)11-5-3-4-10(7-11)8-13/h3-7,12,14H,1-2H3. The molecule has 0 aliphatic heterocycles. The highest BCUT2D eigenvalue weighted by molar-refractivity contribution is 5.35. The van der Waals surface area contributed by atoms with Crippen LogP contribution in [0.15, 0.2) is 35.9 Å². The number of nitrogens with zero attached hydrogens (tertiary/aromatic N) is 1. The Balaban J connectivity index is 2.97. The first-order chi connectivity index (χ1) is 6.63. The van der Waals surface area contributed by atoms with Crippen LogP contribution >= 0.6 is 0 Å². The average molecular weight is 187 g/mol. The highest BCUT2D eigenvalue weighted by Crippen LogP contribution is 2.16. The normalized spacial score (nSPS) is 11.6. The van der Waals surface area contributed by atoms with Crippen molar-refractivity contribution in [3.63, 3.8) is 0 Å². The molecule has 2 nitrogen and oxygen atoms in total. The summed E-state index contributed by atoms with van der Waals surface area (Å²) in [7, 11) is 0. The number of rotatable bonds is 2. The summed E-state index contributed by atoms with van der Waals surface area (Å²) in [4.78, 5) is 0. The molecule has 1 atom stereocenters. The second-order valence-corrected chi connectivity index (χ2v) is 3.43. The van der Waals surface area contributed by atoms with E-state index in [1.165, 1.54) is 0 Å². The Morgan fingerprint density at radius 1 is 1.50 bits per heavy atom. The molecule has 1 N–H and O–H groups in total. The van der Waals surface area contributed by atoms with E-state index in [9.17, 15) is 5.11 Å². The monoisotopic (exact) mass is 187 g/mol. The molecule has 0 spiro atoms. The van der Waals surface area contributed by atoms with Crippen LogP contribution < -0.4 is 0 Å². The van der Waals surface area contributed by atoms with Crippen molar-refractivity contribution in [3.8, 4) is 6.07 Å². The molecule has 72 valence electrons. The molecule has 0 heterocycles. The van der Waals surface area contributed by atoms with Crippen molar-refractivity contribution in [2.24, 2.45) is 0 Å². The third-order valence-electron chi connectivity index (χ3n) is 1.85. The van der Waals surface area contributed by atoms with Crippen LogP contribution in [0.25, 0.3) is 0 Å². The summed E-state index contributed by atoms with van der Waals surface area (Å²) in [5.74, 6) is 0. The second-order valence-electron chi connectivity index (χ2n) is 3.43. The summed E-state index contributed by atoms with van der Waals surface area (Å²) in [6, 6.07) is 9.05. The summed E-state index contributed by atoms with van der Waals surface area (Å²) in [6.07, 6.45) is 1.14. The van der Waals surface area contributed by atoms with Gasteiger partial charge in [0.1, 0.15) is 0 Å². The maximum absolute atomic E-state index is 9.73. The van der Waals surface area contributed by atoms with E-state index in [1.54, 1.807) is 24.3 Å². The van der Waals surface area contributed by atoms with E-state index < -0.39 is 6.10 Å². The molecule has 0 radical (unpaired) electrons. The SMILES string of the molecule is CC(C)=CC(O)c1cccc(C#N)c1. The fourth-order valence-electron chi connectivity index (χ4n) is 1.20. The van der Waals surface area contributed by atoms with Gasteiger partial charge in [0.05, 0.1) is 17.7 Å². The molecule has 0 fully saturated rings. The van der Waals surface area contributed by atoms with Gasteiger partial charge in [-0.2, -0.15) is 5.26 Å². The molecule has 1 aromatic carbocycles. The maximum atomic E-state index is 9.73. The minimum absolute atomic E-state index is 0.573. The van der Waals surface area contributed by atoms with Crippen molar-refractivity contribution in [2.45, 2.75) is 20.0 Å². The molecule has 0 amide bonds. The zero-order valence-electron chi connectivity index (χ0n) is 8.36. The van der Waals surface area contributed by atoms with Crippen LogP contribution in [-0.4, -0.2) is 5.11 Å². The summed E-state index contributed by atoms with van der Waals surface area (Å²) in [5.41, 5.74) is 2.38. The van der Waals surface area contributed by atoms with Gasteiger partial charge in [-0.3, -0.25) is 0 Å². The Bertz CT molecular complexity index is 384. The van der Waals surface area contributed by atoms with Gasteiger partial charge in [0.2, 0.25) is 0 Å². The Morgan fingerprint density at radius 3 is 2.79 bits per heavy atom. The van der Waals surface area contributed by atoms with E-state index in [0.717, 1.165) is 11.1 Å². The van der Waals surface area contributed by atoms with Crippen molar-refractivity contribution in [1.29, 1.82) is 5.26 Å². The van der Waals surface area contributed by atoms with Crippen LogP contribution in [0.2, 0.25) is 0 Å². The van der Waals surface area contributed by atoms with Crippen LogP contribution in [0.4, 0.5) is 0 Å². The van der Waals surface area contributed by atoms with Crippen LogP contribution in [0, 0.1) is 11.3 Å². The molecule has 2 heteroatoms. The largest absolute Gasteiger partial charge is 0.384 e. The first kappa shape index (κ1) is 10.5. The van der Waals surface area contributed by atoms with Gasteiger partial charge < -0.3 is 5.11 Å². The highest BCUT2D eigenvalue weighted by Gasteiger charge is 2.03. The molecule has 1 rings (SSSR count). The molecule has 0 saturated carbocycles. The molecule has 0 bridgehead atoms. The Hall–Kier alpha value is -1.59. The first-order valence-electron chi connectivity index (χ1n) is 4.46. The van der Waals surface area contributed by atoms with Crippen molar-refractivity contribution >= 4 is 0 Å². The predicted octanol–water partition coefficient (Wildman–Crippen LogP) is 2.56.